The number of aromatic nitrogens is 2. The SMILES string of the molecule is [3H]c1nc2c(C)[c-]ccc2n1C.[U]. The Hall–Kier alpha value is -0.258. The molecule has 0 saturated heterocycles. The van der Waals surface area contributed by atoms with Gasteiger partial charge < -0.3 is 9.55 Å². The fourth-order valence-electron chi connectivity index (χ4n) is 1.18. The van der Waals surface area contributed by atoms with Crippen LogP contribution in [0.3, 0.4) is 0 Å². The molecule has 0 saturated carbocycles. The van der Waals surface area contributed by atoms with Crippen molar-refractivity contribution >= 4 is 11.0 Å². The molecule has 0 atom stereocenters. The van der Waals surface area contributed by atoms with Crippen molar-refractivity contribution in [1.29, 1.82) is 0 Å². The molecule has 0 N–H and O–H groups in total. The van der Waals surface area contributed by atoms with Crippen molar-refractivity contribution in [1.82, 2.24) is 9.55 Å². The number of benzene rings is 1. The maximum atomic E-state index is 7.48. The van der Waals surface area contributed by atoms with Crippen LogP contribution in [0.4, 0.5) is 0 Å². The summed E-state index contributed by atoms with van der Waals surface area (Å²) in [6, 6.07) is 6.84. The Bertz CT molecular complexity index is 436. The number of nitrogens with zero attached hydrogens (tertiary/aromatic N) is 2. The van der Waals surface area contributed by atoms with E-state index in [1.807, 2.05) is 26.1 Å². The molecule has 1 heterocycles. The molecule has 2 aromatic rings. The van der Waals surface area contributed by atoms with Gasteiger partial charge in [0.15, 0.2) is 0 Å². The van der Waals surface area contributed by atoms with Crippen LogP contribution in [0.5, 0.6) is 0 Å². The fraction of sp³-hybridized carbons (Fsp3) is 0.222. The van der Waals surface area contributed by atoms with Gasteiger partial charge in [-0.15, -0.1) is 11.6 Å². The first-order chi connectivity index (χ1) is 5.70. The zero-order chi connectivity index (χ0) is 8.72. The molecule has 3 heteroatoms. The Labute approximate surface area is 96.8 Å². The van der Waals surface area contributed by atoms with Gasteiger partial charge in [0, 0.05) is 38.2 Å². The summed E-state index contributed by atoms with van der Waals surface area (Å²) in [6.07, 6.45) is 0.299. The Kier molecular flexibility index (Phi) is 2.53. The maximum absolute atomic E-state index is 7.48. The molecule has 0 aliphatic rings. The normalized spacial score (nSPS) is 11.0. The average molecular weight is 385 g/mol. The monoisotopic (exact) mass is 385 g/mol. The predicted octanol–water partition coefficient (Wildman–Crippen LogP) is 1.68. The molecule has 0 radical (unpaired) electrons. The average Bonchev–Trinajstić information content (AvgIpc) is 2.32. The van der Waals surface area contributed by atoms with Crippen molar-refractivity contribution in [3.05, 3.63) is 30.1 Å². The summed E-state index contributed by atoms with van der Waals surface area (Å²) in [5.41, 5.74) is 2.88. The summed E-state index contributed by atoms with van der Waals surface area (Å²) < 4.78 is 9.24. The minimum absolute atomic E-state index is 0. The second kappa shape index (κ2) is 3.64. The summed E-state index contributed by atoms with van der Waals surface area (Å²) in [4.78, 5) is 4.11. The fourth-order valence-corrected chi connectivity index (χ4v) is 1.18. The van der Waals surface area contributed by atoms with Crippen LogP contribution >= 0.6 is 0 Å². The van der Waals surface area contributed by atoms with Gasteiger partial charge >= 0.3 is 0 Å². The Morgan fingerprint density at radius 3 is 3.08 bits per heavy atom. The molecule has 0 aliphatic carbocycles. The van der Waals surface area contributed by atoms with Crippen LogP contribution in [0.25, 0.3) is 11.0 Å². The number of aryl methyl sites for hydroxylation is 2. The van der Waals surface area contributed by atoms with Crippen molar-refractivity contribution in [3.63, 3.8) is 0 Å². The van der Waals surface area contributed by atoms with Gasteiger partial charge in [-0.05, 0) is 11.0 Å². The molecule has 12 heavy (non-hydrogen) atoms. The van der Waals surface area contributed by atoms with Crippen LogP contribution in [0.1, 0.15) is 6.93 Å². The molecule has 0 unspecified atom stereocenters. The molecular formula is C9H9N2U-. The van der Waals surface area contributed by atoms with E-state index in [0.29, 0.717) is 6.30 Å². The summed E-state index contributed by atoms with van der Waals surface area (Å²) in [6.45, 7) is 1.95. The van der Waals surface area contributed by atoms with E-state index in [1.54, 1.807) is 4.57 Å². The van der Waals surface area contributed by atoms with Gasteiger partial charge in [-0.2, -0.15) is 12.1 Å². The zero-order valence-electron chi connectivity index (χ0n) is 8.05. The van der Waals surface area contributed by atoms with Gasteiger partial charge in [0.05, 0.1) is 6.30 Å². The summed E-state index contributed by atoms with van der Waals surface area (Å²) in [5.74, 6) is 0. The summed E-state index contributed by atoms with van der Waals surface area (Å²) in [5, 5.41) is 0. The standard InChI is InChI=1S/C9H9N2.U/c1-7-4-3-5-8-9(7)10-6-11(8)2;/h3,5-6H,1-2H3;/q-1;/i6T;. The van der Waals surface area contributed by atoms with E-state index in [4.69, 9.17) is 1.37 Å². The van der Waals surface area contributed by atoms with Crippen LogP contribution in [0.15, 0.2) is 18.4 Å². The molecule has 0 aliphatic heterocycles. The molecule has 1 aromatic carbocycles. The minimum Gasteiger partial charge on any atom is -0.358 e. The Morgan fingerprint density at radius 1 is 1.67 bits per heavy atom. The van der Waals surface area contributed by atoms with E-state index >= 15 is 0 Å². The number of imidazole rings is 1. The van der Waals surface area contributed by atoms with E-state index in [2.05, 4.69) is 11.1 Å². The molecule has 2 rings (SSSR count). The third-order valence-corrected chi connectivity index (χ3v) is 1.81. The maximum Gasteiger partial charge on any atom is 0.103 e. The van der Waals surface area contributed by atoms with Crippen LogP contribution in [0.2, 0.25) is 0 Å². The number of fused-ring (bicyclic) bond motifs is 1. The molecule has 2 nitrogen and oxygen atoms in total. The molecule has 0 spiro atoms. The smallest absolute Gasteiger partial charge is 0.103 e. The quantitative estimate of drug-likeness (QED) is 0.632. The molecular weight excluding hydrogens is 374 g/mol. The third-order valence-electron chi connectivity index (χ3n) is 1.81. The van der Waals surface area contributed by atoms with Crippen molar-refractivity contribution in [3.8, 4) is 0 Å². The van der Waals surface area contributed by atoms with Crippen LogP contribution in [0, 0.1) is 44.1 Å². The first-order valence-electron chi connectivity index (χ1n) is 4.00. The predicted molar refractivity (Wildman–Crippen MR) is 44.3 cm³/mol. The van der Waals surface area contributed by atoms with Crippen molar-refractivity contribution in [2.24, 2.45) is 7.05 Å². The summed E-state index contributed by atoms with van der Waals surface area (Å²) in [7, 11) is 1.84. The molecule has 0 bridgehead atoms. The van der Waals surface area contributed by atoms with Gasteiger partial charge in [-0.1, -0.05) is 6.92 Å². The first kappa shape index (κ1) is 8.35. The first-order valence-corrected chi connectivity index (χ1v) is 3.50. The van der Waals surface area contributed by atoms with E-state index in [-0.39, 0.29) is 31.1 Å². The number of rotatable bonds is 0. The van der Waals surface area contributed by atoms with Crippen molar-refractivity contribution in [2.75, 3.05) is 0 Å². The second-order valence-corrected chi connectivity index (χ2v) is 2.61. The van der Waals surface area contributed by atoms with Gasteiger partial charge in [0.25, 0.3) is 0 Å². The molecule has 0 fully saturated rings. The Balaban J connectivity index is 0.000000845. The third kappa shape index (κ3) is 1.44. The van der Waals surface area contributed by atoms with Gasteiger partial charge in [-0.3, -0.25) is 0 Å². The zero-order valence-corrected chi connectivity index (χ0v) is 11.2. The molecule has 1 aromatic heterocycles. The van der Waals surface area contributed by atoms with Crippen molar-refractivity contribution < 1.29 is 32.5 Å². The van der Waals surface area contributed by atoms with Crippen molar-refractivity contribution in [2.45, 2.75) is 6.92 Å². The second-order valence-electron chi connectivity index (χ2n) is 2.61. The van der Waals surface area contributed by atoms with Crippen LogP contribution in [-0.4, -0.2) is 9.55 Å². The summed E-state index contributed by atoms with van der Waals surface area (Å²) >= 11 is 0. The number of hydrogen-bond donors (Lipinski definition) is 0. The number of hydrogen-bond acceptors (Lipinski definition) is 1. The van der Waals surface area contributed by atoms with Gasteiger partial charge in [0.1, 0.15) is 1.37 Å². The Morgan fingerprint density at radius 2 is 2.42 bits per heavy atom. The van der Waals surface area contributed by atoms with E-state index in [9.17, 15) is 0 Å². The van der Waals surface area contributed by atoms with Gasteiger partial charge in [0.2, 0.25) is 0 Å². The van der Waals surface area contributed by atoms with E-state index in [0.717, 1.165) is 16.6 Å². The minimum atomic E-state index is 0. The van der Waals surface area contributed by atoms with Crippen LogP contribution < -0.4 is 0 Å². The van der Waals surface area contributed by atoms with Gasteiger partial charge in [-0.25, -0.2) is 0 Å². The van der Waals surface area contributed by atoms with E-state index in [1.165, 1.54) is 0 Å². The van der Waals surface area contributed by atoms with Crippen LogP contribution in [-0.2, 0) is 7.05 Å². The topological polar surface area (TPSA) is 17.8 Å². The largest absolute Gasteiger partial charge is 0.358 e. The molecule has 0 amide bonds. The molecule has 60 valence electrons. The van der Waals surface area contributed by atoms with E-state index < -0.39 is 0 Å².